The van der Waals surface area contributed by atoms with Crippen molar-refractivity contribution in [1.29, 1.82) is 0 Å². The Kier molecular flexibility index (Phi) is 5.88. The van der Waals surface area contributed by atoms with Gasteiger partial charge in [0.15, 0.2) is 5.60 Å². The number of nitrogens with one attached hydrogen (secondary N) is 2. The van der Waals surface area contributed by atoms with Gasteiger partial charge in [-0.3, -0.25) is 4.98 Å². The van der Waals surface area contributed by atoms with Gasteiger partial charge >= 0.3 is 18.4 Å². The monoisotopic (exact) mass is 407 g/mol. The zero-order chi connectivity index (χ0) is 21.2. The summed E-state index contributed by atoms with van der Waals surface area (Å²) in [4.78, 5) is 15.4. The van der Waals surface area contributed by atoms with Crippen LogP contribution in [0, 0.1) is 0 Å². The van der Waals surface area contributed by atoms with Crippen LogP contribution < -0.4 is 10.6 Å². The average Bonchev–Trinajstić information content (AvgIpc) is 2.59. The van der Waals surface area contributed by atoms with Crippen molar-refractivity contribution in [3.05, 3.63) is 59.4 Å². The Bertz CT molecular complexity index is 815. The molecule has 152 valence electrons. The molecular weight excluding hydrogens is 392 g/mol. The zero-order valence-corrected chi connectivity index (χ0v) is 14.3. The van der Waals surface area contributed by atoms with E-state index in [-0.39, 0.29) is 17.9 Å². The van der Waals surface area contributed by atoms with Crippen molar-refractivity contribution in [2.24, 2.45) is 0 Å². The highest BCUT2D eigenvalue weighted by Crippen LogP contribution is 2.38. The van der Waals surface area contributed by atoms with Gasteiger partial charge in [-0.25, -0.2) is 4.79 Å². The third kappa shape index (κ3) is 5.12. The van der Waals surface area contributed by atoms with E-state index >= 15 is 0 Å². The molecule has 1 heterocycles. The first-order chi connectivity index (χ1) is 12.8. The lowest BCUT2D eigenvalue weighted by atomic mass is 9.95. The quantitative estimate of drug-likeness (QED) is 0.666. The van der Waals surface area contributed by atoms with Crippen LogP contribution in [0.2, 0.25) is 0 Å². The number of amides is 2. The maximum atomic E-state index is 12.8. The van der Waals surface area contributed by atoms with Crippen LogP contribution in [0.25, 0.3) is 0 Å². The molecule has 0 saturated carbocycles. The van der Waals surface area contributed by atoms with Crippen molar-refractivity contribution in [2.45, 2.75) is 31.4 Å². The molecule has 1 atom stereocenters. The Balaban J connectivity index is 1.93. The van der Waals surface area contributed by atoms with Gasteiger partial charge in [0.1, 0.15) is 0 Å². The zero-order valence-electron chi connectivity index (χ0n) is 14.3. The summed E-state index contributed by atoms with van der Waals surface area (Å²) in [5, 5.41) is 14.3. The van der Waals surface area contributed by atoms with E-state index in [4.69, 9.17) is 0 Å². The van der Waals surface area contributed by atoms with Gasteiger partial charge in [0.05, 0.1) is 17.8 Å². The second-order valence-corrected chi connectivity index (χ2v) is 5.99. The number of hydrogen-bond acceptors (Lipinski definition) is 3. The minimum absolute atomic E-state index is 0.152. The number of nitrogens with zero attached hydrogens (tertiary/aromatic N) is 1. The molecule has 0 saturated heterocycles. The molecule has 0 aliphatic rings. The minimum atomic E-state index is -4.87. The summed E-state index contributed by atoms with van der Waals surface area (Å²) in [6.07, 6.45) is -8.74. The molecule has 1 aromatic carbocycles. The summed E-state index contributed by atoms with van der Waals surface area (Å²) in [6, 6.07) is 5.57. The van der Waals surface area contributed by atoms with E-state index < -0.39 is 35.1 Å². The molecule has 0 radical (unpaired) electrons. The van der Waals surface area contributed by atoms with Crippen LogP contribution in [0.15, 0.2) is 42.6 Å². The Morgan fingerprint density at radius 2 is 1.57 bits per heavy atom. The van der Waals surface area contributed by atoms with Gasteiger partial charge in [-0.2, -0.15) is 26.3 Å². The van der Waals surface area contributed by atoms with Crippen molar-refractivity contribution < 1.29 is 36.2 Å². The van der Waals surface area contributed by atoms with Crippen molar-refractivity contribution in [3.63, 3.8) is 0 Å². The largest absolute Gasteiger partial charge is 0.421 e. The van der Waals surface area contributed by atoms with E-state index in [0.717, 1.165) is 24.3 Å². The van der Waals surface area contributed by atoms with Gasteiger partial charge in [0.2, 0.25) is 0 Å². The summed E-state index contributed by atoms with van der Waals surface area (Å²) < 4.78 is 75.7. The van der Waals surface area contributed by atoms with E-state index in [1.165, 1.54) is 12.1 Å². The molecule has 1 unspecified atom stereocenters. The molecule has 2 rings (SSSR count). The van der Waals surface area contributed by atoms with E-state index in [1.807, 2.05) is 0 Å². The fraction of sp³-hybridized carbons (Fsp3) is 0.294. The smallest absolute Gasteiger partial charge is 0.376 e. The molecule has 3 N–H and O–H groups in total. The summed E-state index contributed by atoms with van der Waals surface area (Å²) >= 11 is 0. The van der Waals surface area contributed by atoms with Crippen LogP contribution in [0.5, 0.6) is 0 Å². The second kappa shape index (κ2) is 7.66. The maximum absolute atomic E-state index is 12.8. The summed E-state index contributed by atoms with van der Waals surface area (Å²) in [5.41, 5.74) is -4.03. The summed E-state index contributed by atoms with van der Waals surface area (Å²) in [7, 11) is 0. The lowest BCUT2D eigenvalue weighted by Crippen LogP contribution is -2.39. The van der Waals surface area contributed by atoms with Crippen molar-refractivity contribution in [3.8, 4) is 0 Å². The Hall–Kier alpha value is -2.82. The minimum Gasteiger partial charge on any atom is -0.376 e. The molecule has 0 spiro atoms. The number of benzene rings is 1. The number of halogens is 6. The van der Waals surface area contributed by atoms with Gasteiger partial charge in [0.25, 0.3) is 0 Å². The molecule has 1 aromatic heterocycles. The third-order valence-electron chi connectivity index (χ3n) is 3.84. The summed E-state index contributed by atoms with van der Waals surface area (Å²) in [5.74, 6) is 0. The fourth-order valence-electron chi connectivity index (χ4n) is 2.08. The molecule has 28 heavy (non-hydrogen) atoms. The normalized spacial score (nSPS) is 14.3. The molecule has 0 aliphatic carbocycles. The van der Waals surface area contributed by atoms with E-state index in [2.05, 4.69) is 15.6 Å². The first-order valence-electron chi connectivity index (χ1n) is 7.77. The predicted octanol–water partition coefficient (Wildman–Crippen LogP) is 4.19. The molecule has 2 aromatic rings. The van der Waals surface area contributed by atoms with Gasteiger partial charge in [-0.15, -0.1) is 0 Å². The van der Waals surface area contributed by atoms with Crippen LogP contribution >= 0.6 is 0 Å². The molecular formula is C17H15F6N3O2. The van der Waals surface area contributed by atoms with Crippen LogP contribution in [0.3, 0.4) is 0 Å². The van der Waals surface area contributed by atoms with Gasteiger partial charge in [-0.1, -0.05) is 12.1 Å². The number of urea groups is 1. The van der Waals surface area contributed by atoms with Crippen molar-refractivity contribution >= 4 is 11.7 Å². The number of aliphatic hydroxyl groups is 1. The highest BCUT2D eigenvalue weighted by Gasteiger charge is 2.51. The highest BCUT2D eigenvalue weighted by atomic mass is 19.4. The standard InChI is InChI=1S/C17H15F6N3O2/c1-15(28,17(21,22)23)10-2-5-12(6-3-10)26-14(27)25-9-13-7-4-11(8-24-13)16(18,19)20/h2-8,28H,9H2,1H3,(H2,25,26,27). The van der Waals surface area contributed by atoms with Crippen LogP contribution in [-0.4, -0.2) is 22.3 Å². The molecule has 11 heteroatoms. The number of pyridine rings is 1. The lowest BCUT2D eigenvalue weighted by Gasteiger charge is -2.26. The third-order valence-corrected chi connectivity index (χ3v) is 3.84. The Labute approximate surface area is 155 Å². The number of carbonyl (C=O) groups is 1. The number of alkyl halides is 6. The molecule has 0 fully saturated rings. The van der Waals surface area contributed by atoms with Crippen molar-refractivity contribution in [2.75, 3.05) is 5.32 Å². The van der Waals surface area contributed by atoms with Gasteiger partial charge < -0.3 is 15.7 Å². The van der Waals surface area contributed by atoms with E-state index in [0.29, 0.717) is 13.1 Å². The van der Waals surface area contributed by atoms with Gasteiger partial charge in [0, 0.05) is 11.9 Å². The number of anilines is 1. The average molecular weight is 407 g/mol. The van der Waals surface area contributed by atoms with E-state index in [1.54, 1.807) is 0 Å². The van der Waals surface area contributed by atoms with E-state index in [9.17, 15) is 36.2 Å². The molecule has 5 nitrogen and oxygen atoms in total. The van der Waals surface area contributed by atoms with Gasteiger partial charge in [-0.05, 0) is 36.8 Å². The molecule has 2 amide bonds. The SMILES string of the molecule is CC(O)(c1ccc(NC(=O)NCc2ccc(C(F)(F)F)cn2)cc1)C(F)(F)F. The number of hydrogen-bond donors (Lipinski definition) is 3. The second-order valence-electron chi connectivity index (χ2n) is 5.99. The molecule has 0 aliphatic heterocycles. The lowest BCUT2D eigenvalue weighted by molar-refractivity contribution is -0.258. The van der Waals surface area contributed by atoms with Crippen LogP contribution in [0.4, 0.5) is 36.8 Å². The Morgan fingerprint density at radius 1 is 1.00 bits per heavy atom. The topological polar surface area (TPSA) is 74.2 Å². The number of rotatable bonds is 4. The maximum Gasteiger partial charge on any atom is 0.421 e. The molecule has 0 bridgehead atoms. The van der Waals surface area contributed by atoms with Crippen molar-refractivity contribution in [1.82, 2.24) is 10.3 Å². The number of aromatic nitrogens is 1. The summed E-state index contributed by atoms with van der Waals surface area (Å²) in [6.45, 7) is 0.448. The Morgan fingerprint density at radius 3 is 2.04 bits per heavy atom. The first-order valence-corrected chi connectivity index (χ1v) is 7.77. The first kappa shape index (κ1) is 21.5. The van der Waals surface area contributed by atoms with Crippen LogP contribution in [0.1, 0.15) is 23.7 Å². The predicted molar refractivity (Wildman–Crippen MR) is 87.2 cm³/mol. The highest BCUT2D eigenvalue weighted by molar-refractivity contribution is 5.89. The number of carbonyl (C=O) groups excluding carboxylic acids is 1. The fourth-order valence-corrected chi connectivity index (χ4v) is 2.08. The van der Waals surface area contributed by atoms with Crippen LogP contribution in [-0.2, 0) is 18.3 Å².